The summed E-state index contributed by atoms with van der Waals surface area (Å²) < 4.78 is 12.8. The Kier molecular flexibility index (Phi) is 4.66. The van der Waals surface area contributed by atoms with Gasteiger partial charge in [0.1, 0.15) is 11.4 Å². The highest BCUT2D eigenvalue weighted by Crippen LogP contribution is 2.43. The molecule has 0 spiro atoms. The van der Waals surface area contributed by atoms with Crippen molar-refractivity contribution >= 4 is 17.0 Å². The fourth-order valence-electron chi connectivity index (χ4n) is 4.26. The van der Waals surface area contributed by atoms with Gasteiger partial charge in [0.05, 0.1) is 12.6 Å². The second kappa shape index (κ2) is 7.01. The number of ether oxygens (including phenoxy) is 2. The van der Waals surface area contributed by atoms with Crippen LogP contribution < -0.4 is 4.74 Å². The molecule has 0 amide bonds. The van der Waals surface area contributed by atoms with E-state index in [4.69, 9.17) is 9.47 Å². The molecule has 0 bridgehead atoms. The van der Waals surface area contributed by atoms with Crippen molar-refractivity contribution in [2.24, 2.45) is 0 Å². The minimum absolute atomic E-state index is 0.267. The van der Waals surface area contributed by atoms with Crippen molar-refractivity contribution in [3.8, 4) is 5.75 Å². The van der Waals surface area contributed by atoms with Crippen molar-refractivity contribution in [1.29, 1.82) is 0 Å². The average molecular weight is 377 g/mol. The molecule has 3 aromatic rings. The number of carbonyl (C=O) groups is 1. The fraction of sp³-hybridized carbons (Fsp3) is 0.375. The van der Waals surface area contributed by atoms with Crippen LogP contribution in [0, 0.1) is 0 Å². The van der Waals surface area contributed by atoms with Crippen LogP contribution in [0.4, 0.5) is 4.79 Å². The number of para-hydroxylation sites is 1. The summed E-state index contributed by atoms with van der Waals surface area (Å²) in [5.41, 5.74) is 4.01. The highest BCUT2D eigenvalue weighted by molar-refractivity contribution is 5.94. The van der Waals surface area contributed by atoms with E-state index in [1.165, 1.54) is 11.1 Å². The minimum Gasteiger partial charge on any atom is -0.497 e. The zero-order valence-corrected chi connectivity index (χ0v) is 17.0. The Balaban J connectivity index is 1.87. The van der Waals surface area contributed by atoms with Gasteiger partial charge in [-0.25, -0.2) is 9.36 Å². The summed E-state index contributed by atoms with van der Waals surface area (Å²) >= 11 is 0. The highest BCUT2D eigenvalue weighted by atomic mass is 16.6. The van der Waals surface area contributed by atoms with Crippen LogP contribution in [-0.2, 0) is 11.2 Å². The van der Waals surface area contributed by atoms with E-state index in [2.05, 4.69) is 18.2 Å². The number of benzene rings is 2. The first-order valence-corrected chi connectivity index (χ1v) is 9.88. The Morgan fingerprint density at radius 1 is 1.07 bits per heavy atom. The molecular weight excluding hydrogens is 350 g/mol. The lowest BCUT2D eigenvalue weighted by atomic mass is 9.80. The third kappa shape index (κ3) is 3.28. The van der Waals surface area contributed by atoms with Crippen molar-refractivity contribution in [2.75, 3.05) is 7.11 Å². The monoisotopic (exact) mass is 377 g/mol. The molecule has 0 saturated heterocycles. The average Bonchev–Trinajstić information content (AvgIpc) is 3.01. The molecule has 4 nitrogen and oxygen atoms in total. The summed E-state index contributed by atoms with van der Waals surface area (Å²) in [7, 11) is 1.68. The predicted molar refractivity (Wildman–Crippen MR) is 111 cm³/mol. The van der Waals surface area contributed by atoms with Crippen LogP contribution in [0.15, 0.2) is 48.5 Å². The van der Waals surface area contributed by atoms with E-state index in [0.717, 1.165) is 41.6 Å². The SMILES string of the molecule is COc1ccc(C2CCCc3c2c2ccccc2n3C(=O)OC(C)(C)C)cc1. The number of methoxy groups -OCH3 is 1. The molecule has 0 aliphatic heterocycles. The second-order valence-corrected chi connectivity index (χ2v) is 8.41. The molecule has 146 valence electrons. The number of hydrogen-bond acceptors (Lipinski definition) is 3. The van der Waals surface area contributed by atoms with Gasteiger partial charge in [0.2, 0.25) is 0 Å². The summed E-state index contributed by atoms with van der Waals surface area (Å²) in [6.07, 6.45) is 2.71. The Labute approximate surface area is 166 Å². The van der Waals surface area contributed by atoms with Gasteiger partial charge in [0.15, 0.2) is 0 Å². The molecule has 1 unspecified atom stereocenters. The Bertz CT molecular complexity index is 1010. The normalized spacial score (nSPS) is 16.6. The van der Waals surface area contributed by atoms with Crippen LogP contribution in [0.3, 0.4) is 0 Å². The quantitative estimate of drug-likeness (QED) is 0.558. The number of hydrogen-bond donors (Lipinski definition) is 0. The third-order valence-corrected chi connectivity index (χ3v) is 5.37. The minimum atomic E-state index is -0.528. The molecule has 0 saturated carbocycles. The van der Waals surface area contributed by atoms with Crippen LogP contribution in [0.25, 0.3) is 10.9 Å². The Morgan fingerprint density at radius 3 is 2.46 bits per heavy atom. The molecule has 1 atom stereocenters. The van der Waals surface area contributed by atoms with Crippen LogP contribution in [0.1, 0.15) is 56.4 Å². The first-order valence-electron chi connectivity index (χ1n) is 9.88. The van der Waals surface area contributed by atoms with E-state index in [-0.39, 0.29) is 12.0 Å². The van der Waals surface area contributed by atoms with Crippen molar-refractivity contribution < 1.29 is 14.3 Å². The maximum Gasteiger partial charge on any atom is 0.419 e. The summed E-state index contributed by atoms with van der Waals surface area (Å²) in [6.45, 7) is 5.72. The van der Waals surface area contributed by atoms with Gasteiger partial charge < -0.3 is 9.47 Å². The summed E-state index contributed by atoms with van der Waals surface area (Å²) in [5.74, 6) is 1.12. The molecule has 0 N–H and O–H groups in total. The smallest absolute Gasteiger partial charge is 0.419 e. The van der Waals surface area contributed by atoms with Crippen molar-refractivity contribution in [3.63, 3.8) is 0 Å². The standard InChI is InChI=1S/C24H27NO3/c1-24(2,3)28-23(26)25-20-10-6-5-8-19(20)22-18(9-7-11-21(22)25)16-12-14-17(27-4)15-13-16/h5-6,8,10,12-15,18H,7,9,11H2,1-4H3. The molecule has 1 aliphatic carbocycles. The Hall–Kier alpha value is -2.75. The van der Waals surface area contributed by atoms with Crippen LogP contribution in [-0.4, -0.2) is 23.4 Å². The lowest BCUT2D eigenvalue weighted by Crippen LogP contribution is -2.28. The fourth-order valence-corrected chi connectivity index (χ4v) is 4.26. The molecule has 0 radical (unpaired) electrons. The van der Waals surface area contributed by atoms with Gasteiger partial charge in [-0.3, -0.25) is 0 Å². The number of carbonyl (C=O) groups excluding carboxylic acids is 1. The molecule has 4 rings (SSSR count). The van der Waals surface area contributed by atoms with Gasteiger partial charge in [0, 0.05) is 17.0 Å². The van der Waals surface area contributed by atoms with Gasteiger partial charge >= 0.3 is 6.09 Å². The first-order chi connectivity index (χ1) is 13.4. The molecule has 4 heteroatoms. The van der Waals surface area contributed by atoms with Crippen molar-refractivity contribution in [2.45, 2.75) is 51.6 Å². The second-order valence-electron chi connectivity index (χ2n) is 8.41. The lowest BCUT2D eigenvalue weighted by Gasteiger charge is -2.26. The molecule has 28 heavy (non-hydrogen) atoms. The van der Waals surface area contributed by atoms with Gasteiger partial charge in [-0.1, -0.05) is 30.3 Å². The van der Waals surface area contributed by atoms with Crippen molar-refractivity contribution in [1.82, 2.24) is 4.57 Å². The summed E-state index contributed by atoms with van der Waals surface area (Å²) in [6, 6.07) is 16.5. The first kappa shape index (κ1) is 18.6. The summed E-state index contributed by atoms with van der Waals surface area (Å²) in [4.78, 5) is 13.1. The van der Waals surface area contributed by atoms with Gasteiger partial charge in [0.25, 0.3) is 0 Å². The molecule has 1 aromatic heterocycles. The molecule has 1 aliphatic rings. The van der Waals surface area contributed by atoms with E-state index in [9.17, 15) is 4.79 Å². The van der Waals surface area contributed by atoms with Gasteiger partial charge in [-0.15, -0.1) is 0 Å². The maximum absolute atomic E-state index is 13.1. The largest absolute Gasteiger partial charge is 0.497 e. The predicted octanol–water partition coefficient (Wildman–Crippen LogP) is 5.90. The maximum atomic E-state index is 13.1. The van der Waals surface area contributed by atoms with E-state index in [1.54, 1.807) is 11.7 Å². The number of rotatable bonds is 2. The molecule has 1 heterocycles. The zero-order valence-electron chi connectivity index (χ0n) is 17.0. The van der Waals surface area contributed by atoms with Gasteiger partial charge in [-0.05, 0) is 69.4 Å². The zero-order chi connectivity index (χ0) is 19.9. The van der Waals surface area contributed by atoms with Crippen LogP contribution >= 0.6 is 0 Å². The molecule has 0 fully saturated rings. The topological polar surface area (TPSA) is 40.5 Å². The number of fused-ring (bicyclic) bond motifs is 3. The number of nitrogens with zero attached hydrogens (tertiary/aromatic N) is 1. The van der Waals surface area contributed by atoms with Crippen LogP contribution in [0.5, 0.6) is 5.75 Å². The lowest BCUT2D eigenvalue weighted by molar-refractivity contribution is 0.0539. The summed E-state index contributed by atoms with van der Waals surface area (Å²) in [5, 5.41) is 1.14. The highest BCUT2D eigenvalue weighted by Gasteiger charge is 2.31. The van der Waals surface area contributed by atoms with E-state index in [1.807, 2.05) is 51.1 Å². The van der Waals surface area contributed by atoms with Crippen molar-refractivity contribution in [3.05, 3.63) is 65.4 Å². The molecule has 2 aromatic carbocycles. The van der Waals surface area contributed by atoms with E-state index in [0.29, 0.717) is 0 Å². The third-order valence-electron chi connectivity index (χ3n) is 5.37. The number of aromatic nitrogens is 1. The van der Waals surface area contributed by atoms with E-state index < -0.39 is 5.60 Å². The van der Waals surface area contributed by atoms with Crippen LogP contribution in [0.2, 0.25) is 0 Å². The Morgan fingerprint density at radius 2 is 1.79 bits per heavy atom. The van der Waals surface area contributed by atoms with E-state index >= 15 is 0 Å². The molecular formula is C24H27NO3. The van der Waals surface area contributed by atoms with Gasteiger partial charge in [-0.2, -0.15) is 0 Å².